The molecule has 0 aliphatic carbocycles. The maximum absolute atomic E-state index is 12.6. The third-order valence-electron chi connectivity index (χ3n) is 4.57. The minimum atomic E-state index is 0.234. The van der Waals surface area contributed by atoms with Crippen LogP contribution in [0.1, 0.15) is 43.9 Å². The molecule has 2 aromatic rings. The van der Waals surface area contributed by atoms with E-state index >= 15 is 0 Å². The zero-order valence-electron chi connectivity index (χ0n) is 13.9. The Balaban J connectivity index is 1.70. The molecule has 3 rings (SSSR count). The highest BCUT2D eigenvalue weighted by Gasteiger charge is 2.25. The van der Waals surface area contributed by atoms with Crippen LogP contribution in [0.2, 0.25) is 0 Å². The molecular formula is C19H24N2OS. The smallest absolute Gasteiger partial charge is 0.228 e. The van der Waals surface area contributed by atoms with Crippen LogP contribution in [-0.4, -0.2) is 28.4 Å². The molecule has 1 aliphatic rings. The number of amides is 1. The molecule has 3 nitrogen and oxygen atoms in total. The zero-order valence-corrected chi connectivity index (χ0v) is 14.7. The summed E-state index contributed by atoms with van der Waals surface area (Å²) < 4.78 is 0. The van der Waals surface area contributed by atoms with Gasteiger partial charge in [-0.1, -0.05) is 30.7 Å². The number of aryl methyl sites for hydroxylation is 1. The highest BCUT2D eigenvalue weighted by Crippen LogP contribution is 2.26. The number of aromatic nitrogens is 1. The molecule has 1 amide bonds. The van der Waals surface area contributed by atoms with Gasteiger partial charge in [0, 0.05) is 23.5 Å². The molecule has 23 heavy (non-hydrogen) atoms. The van der Waals surface area contributed by atoms with E-state index < -0.39 is 0 Å². The molecule has 1 saturated heterocycles. The summed E-state index contributed by atoms with van der Waals surface area (Å²) in [5, 5.41) is 3.03. The van der Waals surface area contributed by atoms with Gasteiger partial charge in [0.25, 0.3) is 0 Å². The molecule has 122 valence electrons. The maximum atomic E-state index is 12.6. The average Bonchev–Trinajstić information content (AvgIpc) is 3.03. The van der Waals surface area contributed by atoms with Crippen LogP contribution in [-0.2, 0) is 11.2 Å². The van der Waals surface area contributed by atoms with Gasteiger partial charge in [-0.15, -0.1) is 11.3 Å². The first-order chi connectivity index (χ1) is 11.2. The van der Waals surface area contributed by atoms with Crippen molar-refractivity contribution in [1.82, 2.24) is 9.88 Å². The lowest BCUT2D eigenvalue weighted by molar-refractivity contribution is -0.134. The van der Waals surface area contributed by atoms with E-state index in [4.69, 9.17) is 0 Å². The molecular weight excluding hydrogens is 304 g/mol. The summed E-state index contributed by atoms with van der Waals surface area (Å²) in [6.45, 7) is 5.17. The molecule has 1 atom stereocenters. The van der Waals surface area contributed by atoms with Crippen LogP contribution in [0.5, 0.6) is 0 Å². The van der Waals surface area contributed by atoms with Crippen molar-refractivity contribution in [3.8, 4) is 10.6 Å². The van der Waals surface area contributed by atoms with Gasteiger partial charge in [0.2, 0.25) is 5.91 Å². The van der Waals surface area contributed by atoms with Gasteiger partial charge < -0.3 is 4.90 Å². The maximum Gasteiger partial charge on any atom is 0.228 e. The van der Waals surface area contributed by atoms with E-state index in [1.807, 2.05) is 5.38 Å². The van der Waals surface area contributed by atoms with Gasteiger partial charge in [0.1, 0.15) is 5.01 Å². The number of nitrogens with zero attached hydrogens (tertiary/aromatic N) is 2. The molecule has 2 heterocycles. The predicted octanol–water partition coefficient (Wildman–Crippen LogP) is 4.45. The molecule has 0 bridgehead atoms. The van der Waals surface area contributed by atoms with Crippen molar-refractivity contribution >= 4 is 17.2 Å². The van der Waals surface area contributed by atoms with Gasteiger partial charge in [0.15, 0.2) is 0 Å². The second-order valence-electron chi connectivity index (χ2n) is 6.34. The van der Waals surface area contributed by atoms with E-state index in [9.17, 15) is 4.79 Å². The van der Waals surface area contributed by atoms with Crippen molar-refractivity contribution < 1.29 is 4.79 Å². The molecule has 0 N–H and O–H groups in total. The van der Waals surface area contributed by atoms with Crippen molar-refractivity contribution in [2.45, 2.75) is 52.0 Å². The zero-order chi connectivity index (χ0) is 16.2. The summed E-state index contributed by atoms with van der Waals surface area (Å²) in [5.74, 6) is 0.234. The highest BCUT2D eigenvalue weighted by molar-refractivity contribution is 7.13. The number of hydrogen-bond acceptors (Lipinski definition) is 3. The molecule has 1 fully saturated rings. The lowest BCUT2D eigenvalue weighted by atomic mass is 9.99. The fourth-order valence-electron chi connectivity index (χ4n) is 3.31. The number of benzene rings is 1. The number of piperidine rings is 1. The van der Waals surface area contributed by atoms with Crippen molar-refractivity contribution in [3.05, 3.63) is 40.9 Å². The van der Waals surface area contributed by atoms with E-state index in [0.717, 1.165) is 42.1 Å². The minimum absolute atomic E-state index is 0.234. The quantitative estimate of drug-likeness (QED) is 0.830. The van der Waals surface area contributed by atoms with Crippen molar-refractivity contribution in [2.24, 2.45) is 0 Å². The van der Waals surface area contributed by atoms with Crippen molar-refractivity contribution in [2.75, 3.05) is 6.54 Å². The largest absolute Gasteiger partial charge is 0.339 e. The average molecular weight is 328 g/mol. The minimum Gasteiger partial charge on any atom is -0.339 e. The number of rotatable bonds is 4. The first-order valence-electron chi connectivity index (χ1n) is 8.48. The highest BCUT2D eigenvalue weighted by atomic mass is 32.1. The molecule has 1 aliphatic heterocycles. The summed E-state index contributed by atoms with van der Waals surface area (Å²) in [6, 6.07) is 8.78. The van der Waals surface area contributed by atoms with Crippen LogP contribution < -0.4 is 0 Å². The summed E-state index contributed by atoms with van der Waals surface area (Å²) in [7, 11) is 0. The Hall–Kier alpha value is -1.68. The SMILES string of the molecule is CCC1CCCCN1C(=O)Cc1csc(-c2cccc(C)c2)n1. The van der Waals surface area contributed by atoms with Crippen LogP contribution in [0, 0.1) is 6.92 Å². The molecule has 1 unspecified atom stereocenters. The Morgan fingerprint density at radius 2 is 2.26 bits per heavy atom. The first kappa shape index (κ1) is 16.2. The fraction of sp³-hybridized carbons (Fsp3) is 0.474. The summed E-state index contributed by atoms with van der Waals surface area (Å²) in [6.07, 6.45) is 5.01. The second-order valence-corrected chi connectivity index (χ2v) is 7.19. The van der Waals surface area contributed by atoms with Crippen LogP contribution in [0.3, 0.4) is 0 Å². The third kappa shape index (κ3) is 3.81. The molecule has 4 heteroatoms. The van der Waals surface area contributed by atoms with Crippen LogP contribution >= 0.6 is 11.3 Å². The molecule has 1 aromatic heterocycles. The Kier molecular flexibility index (Phi) is 5.11. The Morgan fingerprint density at radius 3 is 3.04 bits per heavy atom. The summed E-state index contributed by atoms with van der Waals surface area (Å²) >= 11 is 1.62. The van der Waals surface area contributed by atoms with Crippen LogP contribution in [0.4, 0.5) is 0 Å². The van der Waals surface area contributed by atoms with Crippen LogP contribution in [0.15, 0.2) is 29.6 Å². The number of carbonyl (C=O) groups is 1. The number of hydrogen-bond donors (Lipinski definition) is 0. The Labute approximate surface area is 142 Å². The van der Waals surface area contributed by atoms with Gasteiger partial charge in [0.05, 0.1) is 12.1 Å². The normalized spacial score (nSPS) is 18.2. The van der Waals surface area contributed by atoms with Gasteiger partial charge in [-0.25, -0.2) is 4.98 Å². The molecule has 1 aromatic carbocycles. The monoisotopic (exact) mass is 328 g/mol. The lowest BCUT2D eigenvalue weighted by Gasteiger charge is -2.35. The van der Waals surface area contributed by atoms with E-state index in [-0.39, 0.29) is 5.91 Å². The number of carbonyl (C=O) groups excluding carboxylic acids is 1. The summed E-state index contributed by atoms with van der Waals surface area (Å²) in [5.41, 5.74) is 3.27. The lowest BCUT2D eigenvalue weighted by Crippen LogP contribution is -2.44. The number of thiazole rings is 1. The van der Waals surface area contributed by atoms with Crippen LogP contribution in [0.25, 0.3) is 10.6 Å². The van der Waals surface area contributed by atoms with E-state index in [1.54, 1.807) is 11.3 Å². The number of likely N-dealkylation sites (tertiary alicyclic amines) is 1. The Bertz CT molecular complexity index is 680. The molecule has 0 spiro atoms. The van der Waals surface area contributed by atoms with Gasteiger partial charge in [-0.3, -0.25) is 4.79 Å². The second kappa shape index (κ2) is 7.26. The fourth-order valence-corrected chi connectivity index (χ4v) is 4.13. The van der Waals surface area contributed by atoms with E-state index in [1.165, 1.54) is 12.0 Å². The van der Waals surface area contributed by atoms with Crippen molar-refractivity contribution in [3.63, 3.8) is 0 Å². The molecule has 0 saturated carbocycles. The van der Waals surface area contributed by atoms with E-state index in [0.29, 0.717) is 12.5 Å². The van der Waals surface area contributed by atoms with Gasteiger partial charge >= 0.3 is 0 Å². The topological polar surface area (TPSA) is 33.2 Å². The van der Waals surface area contributed by atoms with Gasteiger partial charge in [-0.05, 0) is 38.7 Å². The standard InChI is InChI=1S/C19H24N2OS/c1-3-17-9-4-5-10-21(17)18(22)12-16-13-23-19(20-16)15-8-6-7-14(2)11-15/h6-8,11,13,17H,3-5,9-10,12H2,1-2H3. The summed E-state index contributed by atoms with van der Waals surface area (Å²) in [4.78, 5) is 19.4. The van der Waals surface area contributed by atoms with E-state index in [2.05, 4.69) is 48.0 Å². The molecule has 0 radical (unpaired) electrons. The Morgan fingerprint density at radius 1 is 1.39 bits per heavy atom. The van der Waals surface area contributed by atoms with Crippen molar-refractivity contribution in [1.29, 1.82) is 0 Å². The first-order valence-corrected chi connectivity index (χ1v) is 9.36. The van der Waals surface area contributed by atoms with Gasteiger partial charge in [-0.2, -0.15) is 0 Å². The third-order valence-corrected chi connectivity index (χ3v) is 5.51. The predicted molar refractivity (Wildman–Crippen MR) is 95.6 cm³/mol.